The summed E-state index contributed by atoms with van der Waals surface area (Å²) in [6, 6.07) is 10.6. The Hall–Kier alpha value is -1.62. The Bertz CT molecular complexity index is 803. The van der Waals surface area contributed by atoms with Gasteiger partial charge in [0.15, 0.2) is 0 Å². The van der Waals surface area contributed by atoms with Gasteiger partial charge in [0.25, 0.3) is 10.0 Å². The Morgan fingerprint density at radius 2 is 2.05 bits per heavy atom. The number of nitrogens with one attached hydrogen (secondary N) is 1. The van der Waals surface area contributed by atoms with Crippen molar-refractivity contribution in [1.29, 1.82) is 5.26 Å². The fourth-order valence-electron chi connectivity index (χ4n) is 1.42. The number of pyridine rings is 1. The lowest BCUT2D eigenvalue weighted by molar-refractivity contribution is 0.601. The van der Waals surface area contributed by atoms with Crippen LogP contribution in [0.1, 0.15) is 5.56 Å². The maximum absolute atomic E-state index is 12.2. The highest BCUT2D eigenvalue weighted by molar-refractivity contribution is 9.10. The molecule has 2 rings (SSSR count). The number of sulfonamides is 1. The number of nitrogens with zero attached hydrogens (tertiary/aromatic N) is 2. The third kappa shape index (κ3) is 3.28. The van der Waals surface area contributed by atoms with Gasteiger partial charge in [0.05, 0.1) is 15.5 Å². The molecule has 1 aromatic carbocycles. The molecule has 0 unspecified atom stereocenters. The second-order valence-electron chi connectivity index (χ2n) is 3.70. The van der Waals surface area contributed by atoms with E-state index < -0.39 is 10.0 Å². The topological polar surface area (TPSA) is 82.8 Å². The molecule has 0 amide bonds. The lowest BCUT2D eigenvalue weighted by Gasteiger charge is -2.08. The number of anilines is 1. The molecular weight excluding hydrogens is 366 g/mol. The van der Waals surface area contributed by atoms with Crippen LogP contribution in [0.25, 0.3) is 0 Å². The van der Waals surface area contributed by atoms with Gasteiger partial charge in [0.1, 0.15) is 16.5 Å². The highest BCUT2D eigenvalue weighted by Crippen LogP contribution is 2.22. The first-order chi connectivity index (χ1) is 9.42. The van der Waals surface area contributed by atoms with Gasteiger partial charge in [0.2, 0.25) is 0 Å². The molecule has 0 aliphatic carbocycles. The maximum atomic E-state index is 12.2. The summed E-state index contributed by atoms with van der Waals surface area (Å²) in [6.45, 7) is 0. The fourth-order valence-corrected chi connectivity index (χ4v) is 3.07. The number of rotatable bonds is 3. The summed E-state index contributed by atoms with van der Waals surface area (Å²) in [5, 5.41) is 8.84. The van der Waals surface area contributed by atoms with Gasteiger partial charge in [-0.25, -0.2) is 13.4 Å². The Morgan fingerprint density at radius 3 is 2.65 bits per heavy atom. The van der Waals surface area contributed by atoms with Crippen molar-refractivity contribution >= 4 is 43.4 Å². The molecule has 1 aromatic heterocycles. The second-order valence-corrected chi connectivity index (χ2v) is 6.61. The zero-order valence-electron chi connectivity index (χ0n) is 9.84. The van der Waals surface area contributed by atoms with Crippen LogP contribution in [0.5, 0.6) is 0 Å². The van der Waals surface area contributed by atoms with Crippen LogP contribution in [0.4, 0.5) is 5.82 Å². The summed E-state index contributed by atoms with van der Waals surface area (Å²) in [6.07, 6.45) is 0. The molecule has 0 atom stereocenters. The first kappa shape index (κ1) is 14.8. The van der Waals surface area contributed by atoms with Crippen LogP contribution in [-0.2, 0) is 10.0 Å². The molecule has 2 aromatic rings. The van der Waals surface area contributed by atoms with Gasteiger partial charge in [-0.2, -0.15) is 5.26 Å². The van der Waals surface area contributed by atoms with E-state index in [9.17, 15) is 8.42 Å². The Kier molecular flexibility index (Phi) is 4.28. The van der Waals surface area contributed by atoms with Crippen molar-refractivity contribution in [3.05, 3.63) is 51.6 Å². The van der Waals surface area contributed by atoms with Crippen LogP contribution < -0.4 is 4.72 Å². The summed E-state index contributed by atoms with van der Waals surface area (Å²) in [5.74, 6) is 0.180. The van der Waals surface area contributed by atoms with E-state index in [1.807, 2.05) is 6.07 Å². The zero-order valence-corrected chi connectivity index (χ0v) is 13.0. The normalized spacial score (nSPS) is 10.8. The smallest absolute Gasteiger partial charge is 0.263 e. The van der Waals surface area contributed by atoms with E-state index in [4.69, 9.17) is 16.9 Å². The Morgan fingerprint density at radius 1 is 1.30 bits per heavy atom. The van der Waals surface area contributed by atoms with E-state index in [2.05, 4.69) is 25.6 Å². The van der Waals surface area contributed by atoms with Crippen molar-refractivity contribution in [2.24, 2.45) is 0 Å². The average molecular weight is 373 g/mol. The average Bonchev–Trinajstić information content (AvgIpc) is 2.38. The van der Waals surface area contributed by atoms with E-state index in [1.54, 1.807) is 12.1 Å². The molecule has 0 fully saturated rings. The van der Waals surface area contributed by atoms with Crippen LogP contribution in [0, 0.1) is 11.3 Å². The van der Waals surface area contributed by atoms with E-state index in [0.717, 1.165) is 0 Å². The molecule has 0 saturated carbocycles. The predicted molar refractivity (Wildman–Crippen MR) is 78.9 cm³/mol. The summed E-state index contributed by atoms with van der Waals surface area (Å²) < 4.78 is 27.2. The van der Waals surface area contributed by atoms with Crippen molar-refractivity contribution in [3.8, 4) is 6.07 Å². The highest BCUT2D eigenvalue weighted by atomic mass is 79.9. The van der Waals surface area contributed by atoms with E-state index in [1.165, 1.54) is 24.3 Å². The molecule has 1 heterocycles. The molecule has 0 aliphatic heterocycles. The van der Waals surface area contributed by atoms with Gasteiger partial charge in [-0.15, -0.1) is 0 Å². The van der Waals surface area contributed by atoms with Gasteiger partial charge in [-0.3, -0.25) is 4.72 Å². The van der Waals surface area contributed by atoms with Crippen molar-refractivity contribution in [1.82, 2.24) is 4.98 Å². The number of hydrogen-bond acceptors (Lipinski definition) is 4. The van der Waals surface area contributed by atoms with Gasteiger partial charge in [-0.05, 0) is 46.3 Å². The molecule has 102 valence electrons. The molecule has 1 N–H and O–H groups in total. The van der Waals surface area contributed by atoms with Crippen molar-refractivity contribution in [3.63, 3.8) is 0 Å². The lowest BCUT2D eigenvalue weighted by atomic mass is 10.2. The maximum Gasteiger partial charge on any atom is 0.263 e. The lowest BCUT2D eigenvalue weighted by Crippen LogP contribution is -2.14. The minimum absolute atomic E-state index is 0.0386. The number of aromatic nitrogens is 1. The van der Waals surface area contributed by atoms with Gasteiger partial charge in [0, 0.05) is 0 Å². The predicted octanol–water partition coefficient (Wildman–Crippen LogP) is 3.17. The quantitative estimate of drug-likeness (QED) is 0.839. The Labute approximate surface area is 129 Å². The van der Waals surface area contributed by atoms with Crippen molar-refractivity contribution < 1.29 is 8.42 Å². The molecule has 0 spiro atoms. The van der Waals surface area contributed by atoms with Crippen LogP contribution in [0.3, 0.4) is 0 Å². The fraction of sp³-hybridized carbons (Fsp3) is 0. The minimum atomic E-state index is -3.80. The molecule has 0 aliphatic rings. The number of halogens is 2. The standard InChI is InChI=1S/C12H7BrClN3O2S/c13-11-2-1-3-12(16-11)17-20(18,19)9-5-4-8(7-15)10(14)6-9/h1-6H,(H,16,17). The number of benzene rings is 1. The summed E-state index contributed by atoms with van der Waals surface area (Å²) in [4.78, 5) is 3.94. The van der Waals surface area contributed by atoms with E-state index >= 15 is 0 Å². The van der Waals surface area contributed by atoms with Crippen molar-refractivity contribution in [2.75, 3.05) is 4.72 Å². The SMILES string of the molecule is N#Cc1ccc(S(=O)(=O)Nc2cccc(Br)n2)cc1Cl. The largest absolute Gasteiger partial charge is 0.263 e. The van der Waals surface area contributed by atoms with E-state index in [-0.39, 0.29) is 21.3 Å². The van der Waals surface area contributed by atoms with Crippen LogP contribution >= 0.6 is 27.5 Å². The number of hydrogen-bond donors (Lipinski definition) is 1. The molecule has 0 saturated heterocycles. The summed E-state index contributed by atoms with van der Waals surface area (Å²) >= 11 is 8.98. The Balaban J connectivity index is 2.36. The van der Waals surface area contributed by atoms with Crippen LogP contribution in [0.2, 0.25) is 5.02 Å². The zero-order chi connectivity index (χ0) is 14.8. The highest BCUT2D eigenvalue weighted by Gasteiger charge is 2.16. The van der Waals surface area contributed by atoms with Gasteiger partial charge < -0.3 is 0 Å². The van der Waals surface area contributed by atoms with Crippen LogP contribution in [-0.4, -0.2) is 13.4 Å². The first-order valence-electron chi connectivity index (χ1n) is 5.27. The molecular formula is C12H7BrClN3O2S. The molecule has 0 bridgehead atoms. The summed E-state index contributed by atoms with van der Waals surface area (Å²) in [5.41, 5.74) is 0.214. The molecule has 5 nitrogen and oxygen atoms in total. The molecule has 0 radical (unpaired) electrons. The first-order valence-corrected chi connectivity index (χ1v) is 7.93. The monoisotopic (exact) mass is 371 g/mol. The van der Waals surface area contributed by atoms with Crippen LogP contribution in [0.15, 0.2) is 45.9 Å². The molecule has 20 heavy (non-hydrogen) atoms. The second kappa shape index (κ2) is 5.79. The van der Waals surface area contributed by atoms with Gasteiger partial charge >= 0.3 is 0 Å². The third-order valence-corrected chi connectivity index (χ3v) is 4.43. The van der Waals surface area contributed by atoms with Crippen molar-refractivity contribution in [2.45, 2.75) is 4.90 Å². The third-order valence-electron chi connectivity index (χ3n) is 2.33. The summed E-state index contributed by atoms with van der Waals surface area (Å²) in [7, 11) is -3.80. The molecule has 8 heteroatoms. The van der Waals surface area contributed by atoms with E-state index in [0.29, 0.717) is 4.60 Å². The van der Waals surface area contributed by atoms with Gasteiger partial charge in [-0.1, -0.05) is 17.7 Å². The minimum Gasteiger partial charge on any atom is -0.263 e. The number of nitriles is 1.